The Balaban J connectivity index is 3.13. The topological polar surface area (TPSA) is 38.8 Å². The minimum atomic E-state index is -0.246. The van der Waals surface area contributed by atoms with Crippen molar-refractivity contribution in [3.8, 4) is 5.75 Å². The SMILES string of the molecule is COC(=O)CN(C)c1cc(C(C)C)c(OC)cc1C. The Bertz CT molecular complexity index is 455. The van der Waals surface area contributed by atoms with Crippen LogP contribution in [0.2, 0.25) is 0 Å². The van der Waals surface area contributed by atoms with Crippen molar-refractivity contribution in [3.63, 3.8) is 0 Å². The van der Waals surface area contributed by atoms with Crippen LogP contribution < -0.4 is 9.64 Å². The van der Waals surface area contributed by atoms with Crippen molar-refractivity contribution in [2.24, 2.45) is 0 Å². The van der Waals surface area contributed by atoms with E-state index >= 15 is 0 Å². The van der Waals surface area contributed by atoms with Gasteiger partial charge in [-0.1, -0.05) is 13.8 Å². The Kier molecular flexibility index (Phi) is 5.21. The van der Waals surface area contributed by atoms with Gasteiger partial charge in [0.15, 0.2) is 0 Å². The first kappa shape index (κ1) is 15.3. The number of carbonyl (C=O) groups is 1. The molecular formula is C15H23NO3. The van der Waals surface area contributed by atoms with E-state index in [9.17, 15) is 4.79 Å². The molecule has 0 unspecified atom stereocenters. The highest BCUT2D eigenvalue weighted by Gasteiger charge is 2.15. The monoisotopic (exact) mass is 265 g/mol. The van der Waals surface area contributed by atoms with Gasteiger partial charge in [-0.15, -0.1) is 0 Å². The van der Waals surface area contributed by atoms with Crippen LogP contribution in [0.15, 0.2) is 12.1 Å². The average molecular weight is 265 g/mol. The largest absolute Gasteiger partial charge is 0.496 e. The number of anilines is 1. The van der Waals surface area contributed by atoms with E-state index in [0.717, 1.165) is 22.6 Å². The number of carbonyl (C=O) groups excluding carboxylic acids is 1. The molecule has 1 aromatic carbocycles. The second-order valence-corrected chi connectivity index (χ2v) is 4.97. The Morgan fingerprint density at radius 3 is 2.42 bits per heavy atom. The minimum Gasteiger partial charge on any atom is -0.496 e. The lowest BCUT2D eigenvalue weighted by atomic mass is 9.98. The van der Waals surface area contributed by atoms with Gasteiger partial charge >= 0.3 is 5.97 Å². The molecule has 1 rings (SSSR count). The molecule has 0 heterocycles. The fourth-order valence-corrected chi connectivity index (χ4v) is 2.07. The fraction of sp³-hybridized carbons (Fsp3) is 0.533. The average Bonchev–Trinajstić information content (AvgIpc) is 2.37. The van der Waals surface area contributed by atoms with E-state index in [1.807, 2.05) is 24.9 Å². The first-order valence-corrected chi connectivity index (χ1v) is 6.37. The summed E-state index contributed by atoms with van der Waals surface area (Å²) in [6.07, 6.45) is 0. The highest BCUT2D eigenvalue weighted by Crippen LogP contribution is 2.33. The summed E-state index contributed by atoms with van der Waals surface area (Å²) in [5.74, 6) is 1.01. The summed E-state index contributed by atoms with van der Waals surface area (Å²) in [6, 6.07) is 4.10. The Hall–Kier alpha value is -1.71. The number of rotatable bonds is 5. The zero-order chi connectivity index (χ0) is 14.6. The number of hydrogen-bond donors (Lipinski definition) is 0. The summed E-state index contributed by atoms with van der Waals surface area (Å²) in [4.78, 5) is 13.3. The highest BCUT2D eigenvalue weighted by atomic mass is 16.5. The van der Waals surface area contributed by atoms with E-state index in [2.05, 4.69) is 19.9 Å². The Morgan fingerprint density at radius 1 is 1.32 bits per heavy atom. The maximum Gasteiger partial charge on any atom is 0.325 e. The molecule has 19 heavy (non-hydrogen) atoms. The number of methoxy groups -OCH3 is 2. The van der Waals surface area contributed by atoms with Crippen LogP contribution in [0.3, 0.4) is 0 Å². The smallest absolute Gasteiger partial charge is 0.325 e. The van der Waals surface area contributed by atoms with Gasteiger partial charge < -0.3 is 14.4 Å². The van der Waals surface area contributed by atoms with Crippen LogP contribution in [0.5, 0.6) is 5.75 Å². The molecule has 0 bridgehead atoms. The third-order valence-corrected chi connectivity index (χ3v) is 3.18. The molecule has 1 aromatic rings. The van der Waals surface area contributed by atoms with E-state index in [0.29, 0.717) is 5.92 Å². The van der Waals surface area contributed by atoms with Gasteiger partial charge in [0.25, 0.3) is 0 Å². The van der Waals surface area contributed by atoms with Crippen LogP contribution in [-0.2, 0) is 9.53 Å². The second-order valence-electron chi connectivity index (χ2n) is 4.97. The van der Waals surface area contributed by atoms with E-state index in [-0.39, 0.29) is 12.5 Å². The fourth-order valence-electron chi connectivity index (χ4n) is 2.07. The molecule has 4 nitrogen and oxygen atoms in total. The van der Waals surface area contributed by atoms with Crippen molar-refractivity contribution in [2.75, 3.05) is 32.7 Å². The Morgan fingerprint density at radius 2 is 1.95 bits per heavy atom. The van der Waals surface area contributed by atoms with Crippen molar-refractivity contribution < 1.29 is 14.3 Å². The lowest BCUT2D eigenvalue weighted by Crippen LogP contribution is -2.27. The van der Waals surface area contributed by atoms with E-state index in [1.54, 1.807) is 7.11 Å². The van der Waals surface area contributed by atoms with Crippen molar-refractivity contribution in [3.05, 3.63) is 23.3 Å². The molecule has 0 spiro atoms. The lowest BCUT2D eigenvalue weighted by molar-refractivity contribution is -0.138. The third-order valence-electron chi connectivity index (χ3n) is 3.18. The van der Waals surface area contributed by atoms with Gasteiger partial charge in [0.1, 0.15) is 12.3 Å². The lowest BCUT2D eigenvalue weighted by Gasteiger charge is -2.23. The summed E-state index contributed by atoms with van der Waals surface area (Å²) in [5.41, 5.74) is 3.24. The summed E-state index contributed by atoms with van der Waals surface area (Å²) >= 11 is 0. The molecule has 106 valence electrons. The number of hydrogen-bond acceptors (Lipinski definition) is 4. The zero-order valence-electron chi connectivity index (χ0n) is 12.6. The van der Waals surface area contributed by atoms with Crippen molar-refractivity contribution >= 4 is 11.7 Å². The molecule has 0 aliphatic rings. The predicted octanol–water partition coefficient (Wildman–Crippen LogP) is 2.74. The molecule has 0 saturated heterocycles. The molecule has 0 radical (unpaired) electrons. The molecule has 0 aliphatic heterocycles. The quantitative estimate of drug-likeness (QED) is 0.767. The standard InChI is InChI=1S/C15H23NO3/c1-10(2)12-8-13(11(3)7-14(12)18-5)16(4)9-15(17)19-6/h7-8,10H,9H2,1-6H3. The third kappa shape index (κ3) is 3.63. The van der Waals surface area contributed by atoms with Gasteiger partial charge in [0.2, 0.25) is 0 Å². The molecule has 0 N–H and O–H groups in total. The first-order chi connectivity index (χ1) is 8.90. The minimum absolute atomic E-state index is 0.237. The number of likely N-dealkylation sites (N-methyl/N-ethyl adjacent to an activating group) is 1. The molecular weight excluding hydrogens is 242 g/mol. The molecule has 0 atom stereocenters. The Labute approximate surface area is 115 Å². The van der Waals surface area contributed by atoms with Crippen molar-refractivity contribution in [1.82, 2.24) is 0 Å². The van der Waals surface area contributed by atoms with Gasteiger partial charge in [-0.2, -0.15) is 0 Å². The number of ether oxygens (including phenoxy) is 2. The summed E-state index contributed by atoms with van der Waals surface area (Å²) < 4.78 is 10.1. The molecule has 0 amide bonds. The maximum absolute atomic E-state index is 11.4. The highest BCUT2D eigenvalue weighted by molar-refractivity contribution is 5.76. The van der Waals surface area contributed by atoms with Crippen molar-refractivity contribution in [1.29, 1.82) is 0 Å². The summed E-state index contributed by atoms with van der Waals surface area (Å²) in [5, 5.41) is 0. The van der Waals surface area contributed by atoms with Gasteiger partial charge in [0.05, 0.1) is 14.2 Å². The number of aryl methyl sites for hydroxylation is 1. The van der Waals surface area contributed by atoms with Gasteiger partial charge in [-0.25, -0.2) is 0 Å². The van der Waals surface area contributed by atoms with Crippen molar-refractivity contribution in [2.45, 2.75) is 26.7 Å². The van der Waals surface area contributed by atoms with E-state index in [1.165, 1.54) is 7.11 Å². The van der Waals surface area contributed by atoms with Crippen LogP contribution in [0.4, 0.5) is 5.69 Å². The van der Waals surface area contributed by atoms with Crippen LogP contribution in [0.25, 0.3) is 0 Å². The maximum atomic E-state index is 11.4. The molecule has 0 aliphatic carbocycles. The number of nitrogens with zero attached hydrogens (tertiary/aromatic N) is 1. The normalized spacial score (nSPS) is 10.5. The van der Waals surface area contributed by atoms with E-state index in [4.69, 9.17) is 9.47 Å². The molecule has 0 saturated carbocycles. The molecule has 0 fully saturated rings. The van der Waals surface area contributed by atoms with Crippen LogP contribution in [0, 0.1) is 6.92 Å². The van der Waals surface area contributed by atoms with Gasteiger partial charge in [0, 0.05) is 12.7 Å². The molecule has 0 aromatic heterocycles. The van der Waals surface area contributed by atoms with Crippen LogP contribution >= 0.6 is 0 Å². The van der Waals surface area contributed by atoms with Gasteiger partial charge in [-0.05, 0) is 36.1 Å². The van der Waals surface area contributed by atoms with E-state index < -0.39 is 0 Å². The van der Waals surface area contributed by atoms with Crippen LogP contribution in [-0.4, -0.2) is 33.8 Å². The molecule has 4 heteroatoms. The number of esters is 1. The summed E-state index contributed by atoms with van der Waals surface area (Å²) in [7, 11) is 4.96. The number of benzene rings is 1. The van der Waals surface area contributed by atoms with Gasteiger partial charge in [-0.3, -0.25) is 4.79 Å². The zero-order valence-corrected chi connectivity index (χ0v) is 12.6. The summed E-state index contributed by atoms with van der Waals surface area (Å²) in [6.45, 7) is 6.49. The first-order valence-electron chi connectivity index (χ1n) is 6.37. The second kappa shape index (κ2) is 6.45. The predicted molar refractivity (Wildman–Crippen MR) is 77.1 cm³/mol. The van der Waals surface area contributed by atoms with Crippen LogP contribution in [0.1, 0.15) is 30.9 Å².